The van der Waals surface area contributed by atoms with Gasteiger partial charge in [0.05, 0.1) is 5.69 Å². The van der Waals surface area contributed by atoms with Crippen molar-refractivity contribution in [3.63, 3.8) is 0 Å². The fourth-order valence-corrected chi connectivity index (χ4v) is 2.41. The molecule has 1 saturated heterocycles. The molecular weight excluding hydrogens is 380 g/mol. The highest BCUT2D eigenvalue weighted by atomic mass is 19.3. The molecule has 1 aromatic carbocycles. The molecule has 1 fully saturated rings. The van der Waals surface area contributed by atoms with Gasteiger partial charge < -0.3 is 20.1 Å². The van der Waals surface area contributed by atoms with Crippen LogP contribution in [0, 0.1) is 0 Å². The van der Waals surface area contributed by atoms with Gasteiger partial charge in [0.1, 0.15) is 17.8 Å². The molecule has 1 unspecified atom stereocenters. The first kappa shape index (κ1) is 21.1. The van der Waals surface area contributed by atoms with Gasteiger partial charge in [-0.3, -0.25) is 19.3 Å². The van der Waals surface area contributed by atoms with Crippen LogP contribution in [-0.4, -0.2) is 54.0 Å². The molecular formula is C17H19F2N3O6. The van der Waals surface area contributed by atoms with E-state index >= 15 is 0 Å². The second-order valence-electron chi connectivity index (χ2n) is 6.09. The van der Waals surface area contributed by atoms with Crippen molar-refractivity contribution in [2.75, 3.05) is 18.5 Å². The Bertz CT molecular complexity index is 788. The maximum Gasteiger partial charge on any atom is 0.387 e. The molecule has 2 N–H and O–H groups in total. The second-order valence-corrected chi connectivity index (χ2v) is 6.09. The van der Waals surface area contributed by atoms with Gasteiger partial charge in [-0.05, 0) is 25.5 Å². The average molecular weight is 399 g/mol. The SMILES string of the molecule is CCC1(C)NC(=O)N(CC(=O)OCC(=O)Nc2ccccc2OC(F)F)C1=O. The van der Waals surface area contributed by atoms with E-state index in [4.69, 9.17) is 4.74 Å². The number of anilines is 1. The average Bonchev–Trinajstić information content (AvgIpc) is 2.85. The molecule has 4 amide bonds. The van der Waals surface area contributed by atoms with Crippen molar-refractivity contribution in [1.29, 1.82) is 0 Å². The maximum atomic E-state index is 12.4. The summed E-state index contributed by atoms with van der Waals surface area (Å²) in [6, 6.07) is 4.76. The van der Waals surface area contributed by atoms with E-state index in [9.17, 15) is 28.0 Å². The Morgan fingerprint density at radius 3 is 2.57 bits per heavy atom. The van der Waals surface area contributed by atoms with Crippen LogP contribution >= 0.6 is 0 Å². The van der Waals surface area contributed by atoms with Crippen LogP contribution in [0.1, 0.15) is 20.3 Å². The Morgan fingerprint density at radius 2 is 1.96 bits per heavy atom. The number of carbonyl (C=O) groups is 4. The first-order valence-electron chi connectivity index (χ1n) is 8.29. The molecule has 1 aromatic rings. The van der Waals surface area contributed by atoms with Gasteiger partial charge in [-0.15, -0.1) is 0 Å². The zero-order valence-corrected chi connectivity index (χ0v) is 15.2. The lowest BCUT2D eigenvalue weighted by Crippen LogP contribution is -2.43. The predicted octanol–water partition coefficient (Wildman–Crippen LogP) is 1.49. The summed E-state index contributed by atoms with van der Waals surface area (Å²) in [5.41, 5.74) is -1.12. The second kappa shape index (κ2) is 8.63. The van der Waals surface area contributed by atoms with Crippen LogP contribution in [0.2, 0.25) is 0 Å². The third-order valence-corrected chi connectivity index (χ3v) is 4.08. The zero-order chi connectivity index (χ0) is 20.9. The summed E-state index contributed by atoms with van der Waals surface area (Å²) in [4.78, 5) is 48.5. The maximum absolute atomic E-state index is 12.4. The van der Waals surface area contributed by atoms with Crippen LogP contribution in [0.3, 0.4) is 0 Å². The third kappa shape index (κ3) is 4.93. The number of hydrogen-bond donors (Lipinski definition) is 2. The minimum atomic E-state index is -3.08. The van der Waals surface area contributed by atoms with Gasteiger partial charge in [0, 0.05) is 0 Å². The quantitative estimate of drug-likeness (QED) is 0.506. The minimum absolute atomic E-state index is 0.0309. The number of urea groups is 1. The molecule has 28 heavy (non-hydrogen) atoms. The lowest BCUT2D eigenvalue weighted by atomic mass is 9.99. The molecule has 0 aliphatic carbocycles. The van der Waals surface area contributed by atoms with Crippen LogP contribution < -0.4 is 15.4 Å². The molecule has 0 radical (unpaired) electrons. The fraction of sp³-hybridized carbons (Fsp3) is 0.412. The standard InChI is InChI=1S/C17H19F2N3O6/c1-3-17(2)14(25)22(16(26)21-17)8-13(24)27-9-12(23)20-10-6-4-5-7-11(10)28-15(18)19/h4-7,15H,3,8-9H2,1-2H3,(H,20,23)(H,21,26). The number of halogens is 2. The van der Waals surface area contributed by atoms with Crippen molar-refractivity contribution in [1.82, 2.24) is 10.2 Å². The fourth-order valence-electron chi connectivity index (χ4n) is 2.41. The molecule has 2 rings (SSSR count). The van der Waals surface area contributed by atoms with Crippen molar-refractivity contribution in [2.45, 2.75) is 32.4 Å². The highest BCUT2D eigenvalue weighted by molar-refractivity contribution is 6.08. The highest BCUT2D eigenvalue weighted by Crippen LogP contribution is 2.25. The number of carbonyl (C=O) groups excluding carboxylic acids is 4. The number of amides is 4. The van der Waals surface area contributed by atoms with Gasteiger partial charge in [0.25, 0.3) is 11.8 Å². The van der Waals surface area contributed by atoms with Crippen LogP contribution in [0.15, 0.2) is 24.3 Å². The number of imide groups is 1. The monoisotopic (exact) mass is 399 g/mol. The van der Waals surface area contributed by atoms with Crippen molar-refractivity contribution in [3.05, 3.63) is 24.3 Å². The molecule has 1 atom stereocenters. The van der Waals surface area contributed by atoms with E-state index in [0.717, 1.165) is 0 Å². The van der Waals surface area contributed by atoms with E-state index in [-0.39, 0.29) is 11.4 Å². The van der Waals surface area contributed by atoms with Crippen molar-refractivity contribution >= 4 is 29.5 Å². The van der Waals surface area contributed by atoms with Gasteiger partial charge >= 0.3 is 18.6 Å². The van der Waals surface area contributed by atoms with E-state index in [2.05, 4.69) is 15.4 Å². The molecule has 0 spiro atoms. The Balaban J connectivity index is 1.88. The Kier molecular flexibility index (Phi) is 6.49. The molecule has 1 aliphatic heterocycles. The van der Waals surface area contributed by atoms with E-state index in [0.29, 0.717) is 11.3 Å². The lowest BCUT2D eigenvalue weighted by Gasteiger charge is -2.18. The first-order chi connectivity index (χ1) is 13.2. The Morgan fingerprint density at radius 1 is 1.29 bits per heavy atom. The molecule has 0 aromatic heterocycles. The Hall–Kier alpha value is -3.24. The van der Waals surface area contributed by atoms with E-state index < -0.39 is 49.1 Å². The first-order valence-corrected chi connectivity index (χ1v) is 8.29. The molecule has 152 valence electrons. The highest BCUT2D eigenvalue weighted by Gasteiger charge is 2.47. The van der Waals surface area contributed by atoms with Gasteiger partial charge in [-0.25, -0.2) is 4.79 Å². The molecule has 1 heterocycles. The van der Waals surface area contributed by atoms with Crippen molar-refractivity contribution < 1.29 is 37.4 Å². The smallest absolute Gasteiger partial charge is 0.387 e. The minimum Gasteiger partial charge on any atom is -0.454 e. The Labute approximate surface area is 159 Å². The third-order valence-electron chi connectivity index (χ3n) is 4.08. The normalized spacial score (nSPS) is 18.8. The van der Waals surface area contributed by atoms with Crippen molar-refractivity contribution in [3.8, 4) is 5.75 Å². The number of benzene rings is 1. The van der Waals surface area contributed by atoms with Crippen molar-refractivity contribution in [2.24, 2.45) is 0 Å². The largest absolute Gasteiger partial charge is 0.454 e. The molecule has 0 saturated carbocycles. The number of ether oxygens (including phenoxy) is 2. The van der Waals surface area contributed by atoms with Gasteiger partial charge in [-0.1, -0.05) is 19.1 Å². The van der Waals surface area contributed by atoms with E-state index in [1.54, 1.807) is 6.92 Å². The summed E-state index contributed by atoms with van der Waals surface area (Å²) in [6.07, 6.45) is 0.339. The molecule has 11 heteroatoms. The molecule has 0 bridgehead atoms. The van der Waals surface area contributed by atoms with Crippen LogP contribution in [0.5, 0.6) is 5.75 Å². The number of hydrogen-bond acceptors (Lipinski definition) is 6. The summed E-state index contributed by atoms with van der Waals surface area (Å²) in [5.74, 6) is -2.61. The topological polar surface area (TPSA) is 114 Å². The summed E-state index contributed by atoms with van der Waals surface area (Å²) in [5, 5.41) is 4.75. The summed E-state index contributed by atoms with van der Waals surface area (Å²) < 4.78 is 33.7. The van der Waals surface area contributed by atoms with Gasteiger partial charge in [0.15, 0.2) is 6.61 Å². The van der Waals surface area contributed by atoms with E-state index in [1.165, 1.54) is 31.2 Å². The number of rotatable bonds is 8. The zero-order valence-electron chi connectivity index (χ0n) is 15.2. The summed E-state index contributed by atoms with van der Waals surface area (Å²) in [7, 11) is 0. The number of esters is 1. The summed E-state index contributed by atoms with van der Waals surface area (Å²) >= 11 is 0. The molecule has 1 aliphatic rings. The van der Waals surface area contributed by atoms with Crippen LogP contribution in [0.25, 0.3) is 0 Å². The van der Waals surface area contributed by atoms with E-state index in [1.807, 2.05) is 0 Å². The number of nitrogens with one attached hydrogen (secondary N) is 2. The summed E-state index contributed by atoms with van der Waals surface area (Å²) in [6.45, 7) is -1.23. The predicted molar refractivity (Wildman–Crippen MR) is 91.6 cm³/mol. The lowest BCUT2D eigenvalue weighted by molar-refractivity contribution is -0.150. The number of alkyl halides is 2. The number of nitrogens with zero attached hydrogens (tertiary/aromatic N) is 1. The van der Waals surface area contributed by atoms with Gasteiger partial charge in [0.2, 0.25) is 0 Å². The molecule has 9 nitrogen and oxygen atoms in total. The van der Waals surface area contributed by atoms with Gasteiger partial charge in [-0.2, -0.15) is 8.78 Å². The van der Waals surface area contributed by atoms with Crippen LogP contribution in [-0.2, 0) is 19.1 Å². The number of para-hydroxylation sites is 2. The van der Waals surface area contributed by atoms with Crippen LogP contribution in [0.4, 0.5) is 19.3 Å².